The molecule has 0 radical (unpaired) electrons. The Labute approximate surface area is 175 Å². The molecular formula is C24H17F3O2S. The molecular weight excluding hydrogens is 409 g/mol. The van der Waals surface area contributed by atoms with E-state index in [1.807, 2.05) is 36.4 Å². The molecule has 0 spiro atoms. The normalized spacial score (nSPS) is 19.3. The maximum atomic E-state index is 13.4. The fourth-order valence-corrected chi connectivity index (χ4v) is 4.18. The maximum absolute atomic E-state index is 13.4. The van der Waals surface area contributed by atoms with E-state index in [0.29, 0.717) is 10.4 Å². The molecule has 6 heteroatoms. The Morgan fingerprint density at radius 3 is 2.23 bits per heavy atom. The highest BCUT2D eigenvalue weighted by Gasteiger charge is 2.50. The summed E-state index contributed by atoms with van der Waals surface area (Å²) in [7, 11) is 0. The van der Waals surface area contributed by atoms with E-state index in [4.69, 9.17) is 4.74 Å². The number of alkyl halides is 3. The van der Waals surface area contributed by atoms with E-state index in [-0.39, 0.29) is 17.8 Å². The van der Waals surface area contributed by atoms with Gasteiger partial charge in [0, 0.05) is 6.42 Å². The van der Waals surface area contributed by atoms with Gasteiger partial charge in [-0.15, -0.1) is 11.3 Å². The van der Waals surface area contributed by atoms with Gasteiger partial charge >= 0.3 is 6.18 Å². The number of thiophene rings is 1. The molecule has 2 aromatic carbocycles. The van der Waals surface area contributed by atoms with Crippen molar-refractivity contribution in [3.63, 3.8) is 0 Å². The first-order chi connectivity index (χ1) is 14.4. The van der Waals surface area contributed by atoms with Crippen LogP contribution in [0.5, 0.6) is 0 Å². The van der Waals surface area contributed by atoms with Crippen LogP contribution in [0, 0.1) is 0 Å². The maximum Gasteiger partial charge on any atom is 0.454 e. The summed E-state index contributed by atoms with van der Waals surface area (Å²) in [6, 6.07) is 21.8. The van der Waals surface area contributed by atoms with Crippen LogP contribution in [0.4, 0.5) is 13.2 Å². The lowest BCUT2D eigenvalue weighted by Crippen LogP contribution is -2.27. The monoisotopic (exact) mass is 426 g/mol. The zero-order valence-corrected chi connectivity index (χ0v) is 16.5. The smallest absolute Gasteiger partial charge is 0.454 e. The van der Waals surface area contributed by atoms with E-state index in [0.717, 1.165) is 5.56 Å². The molecule has 1 unspecified atom stereocenters. The van der Waals surface area contributed by atoms with Gasteiger partial charge in [0.15, 0.2) is 5.60 Å². The molecule has 0 saturated carbocycles. The standard InChI is InChI=1S/C24H17F3O2S/c25-24(26,27)22(28)19-16-23(18-10-5-2-6-11-18,14-13-17-8-3-1-4-9-17)29-21(19)20-12-7-15-30-20/h1-15H,16H2/b14-13+. The van der Waals surface area contributed by atoms with Crippen molar-refractivity contribution in [3.8, 4) is 0 Å². The van der Waals surface area contributed by atoms with Crippen molar-refractivity contribution >= 4 is 29.0 Å². The summed E-state index contributed by atoms with van der Waals surface area (Å²) in [5.41, 5.74) is -0.0143. The minimum atomic E-state index is -4.98. The van der Waals surface area contributed by atoms with Crippen molar-refractivity contribution in [1.82, 2.24) is 0 Å². The van der Waals surface area contributed by atoms with Gasteiger partial charge in [0.1, 0.15) is 5.76 Å². The van der Waals surface area contributed by atoms with Crippen molar-refractivity contribution in [1.29, 1.82) is 0 Å². The number of benzene rings is 2. The second kappa shape index (κ2) is 7.95. The van der Waals surface area contributed by atoms with Gasteiger partial charge in [-0.3, -0.25) is 4.79 Å². The Balaban J connectivity index is 1.82. The molecule has 0 amide bonds. The summed E-state index contributed by atoms with van der Waals surface area (Å²) >= 11 is 1.24. The average molecular weight is 426 g/mol. The minimum Gasteiger partial charge on any atom is -0.476 e. The third-order valence-electron chi connectivity index (χ3n) is 4.88. The van der Waals surface area contributed by atoms with Gasteiger partial charge in [-0.05, 0) is 28.6 Å². The molecule has 0 saturated heterocycles. The molecule has 1 aliphatic rings. The predicted molar refractivity (Wildman–Crippen MR) is 112 cm³/mol. The first-order valence-electron chi connectivity index (χ1n) is 9.26. The zero-order valence-electron chi connectivity index (χ0n) is 15.7. The van der Waals surface area contributed by atoms with Crippen LogP contribution in [0.15, 0.2) is 89.8 Å². The van der Waals surface area contributed by atoms with E-state index < -0.39 is 17.6 Å². The first kappa shape index (κ1) is 20.2. The van der Waals surface area contributed by atoms with Crippen LogP contribution in [0.1, 0.15) is 22.4 Å². The summed E-state index contributed by atoms with van der Waals surface area (Å²) in [6.45, 7) is 0. The summed E-state index contributed by atoms with van der Waals surface area (Å²) in [4.78, 5) is 12.8. The van der Waals surface area contributed by atoms with Gasteiger partial charge in [0.25, 0.3) is 5.78 Å². The van der Waals surface area contributed by atoms with Gasteiger partial charge in [0.2, 0.25) is 0 Å². The third-order valence-corrected chi connectivity index (χ3v) is 5.75. The highest BCUT2D eigenvalue weighted by Crippen LogP contribution is 2.49. The molecule has 152 valence electrons. The van der Waals surface area contributed by atoms with E-state index in [9.17, 15) is 18.0 Å². The Hall–Kier alpha value is -3.12. The van der Waals surface area contributed by atoms with Gasteiger partial charge in [0.05, 0.1) is 10.5 Å². The van der Waals surface area contributed by atoms with Gasteiger partial charge in [-0.1, -0.05) is 72.8 Å². The number of ether oxygens (including phenoxy) is 1. The third kappa shape index (κ3) is 3.96. The SMILES string of the molecule is O=C(C1=C(c2cccs2)OC(/C=C/c2ccccc2)(c2ccccc2)C1)C(F)(F)F. The van der Waals surface area contributed by atoms with Crippen molar-refractivity contribution in [3.05, 3.63) is 106 Å². The molecule has 4 rings (SSSR count). The number of ketones is 1. The number of hydrogen-bond acceptors (Lipinski definition) is 3. The van der Waals surface area contributed by atoms with Gasteiger partial charge < -0.3 is 4.74 Å². The summed E-state index contributed by atoms with van der Waals surface area (Å²) in [5, 5.41) is 1.74. The number of carbonyl (C=O) groups is 1. The Morgan fingerprint density at radius 1 is 0.967 bits per heavy atom. The molecule has 0 bridgehead atoms. The van der Waals surface area contributed by atoms with Crippen molar-refractivity contribution in [2.24, 2.45) is 0 Å². The zero-order chi connectivity index (χ0) is 21.2. The van der Waals surface area contributed by atoms with Crippen molar-refractivity contribution in [2.75, 3.05) is 0 Å². The number of rotatable bonds is 5. The summed E-state index contributed by atoms with van der Waals surface area (Å²) in [6.07, 6.45) is -1.63. The van der Waals surface area contributed by atoms with Crippen LogP contribution >= 0.6 is 11.3 Å². The van der Waals surface area contributed by atoms with Crippen LogP contribution in [0.25, 0.3) is 11.8 Å². The number of hydrogen-bond donors (Lipinski definition) is 0. The molecule has 2 heterocycles. The molecule has 1 atom stereocenters. The molecule has 1 aliphatic heterocycles. The fraction of sp³-hybridized carbons (Fsp3) is 0.125. The second-order valence-electron chi connectivity index (χ2n) is 6.89. The lowest BCUT2D eigenvalue weighted by Gasteiger charge is -2.27. The van der Waals surface area contributed by atoms with Gasteiger partial charge in [-0.25, -0.2) is 0 Å². The first-order valence-corrected chi connectivity index (χ1v) is 10.1. The lowest BCUT2D eigenvalue weighted by atomic mass is 9.86. The lowest BCUT2D eigenvalue weighted by molar-refractivity contribution is -0.166. The molecule has 3 aromatic rings. The largest absolute Gasteiger partial charge is 0.476 e. The second-order valence-corrected chi connectivity index (χ2v) is 7.84. The van der Waals surface area contributed by atoms with Gasteiger partial charge in [-0.2, -0.15) is 13.2 Å². The summed E-state index contributed by atoms with van der Waals surface area (Å²) < 4.78 is 46.3. The molecule has 0 N–H and O–H groups in total. The van der Waals surface area contributed by atoms with E-state index in [1.165, 1.54) is 11.3 Å². The molecule has 30 heavy (non-hydrogen) atoms. The predicted octanol–water partition coefficient (Wildman–Crippen LogP) is 6.62. The minimum absolute atomic E-state index is 0.00566. The Bertz CT molecular complexity index is 1080. The van der Waals surface area contributed by atoms with E-state index >= 15 is 0 Å². The highest BCUT2D eigenvalue weighted by molar-refractivity contribution is 7.11. The van der Waals surface area contributed by atoms with Crippen LogP contribution in [0.3, 0.4) is 0 Å². The molecule has 0 fully saturated rings. The summed E-state index contributed by atoms with van der Waals surface area (Å²) in [5.74, 6) is -1.87. The van der Waals surface area contributed by atoms with Crippen LogP contribution < -0.4 is 0 Å². The molecule has 1 aromatic heterocycles. The number of Topliss-reactive ketones (excluding diaryl/α,β-unsaturated/α-hetero) is 1. The fourth-order valence-electron chi connectivity index (χ4n) is 3.45. The highest BCUT2D eigenvalue weighted by atomic mass is 32.1. The van der Waals surface area contributed by atoms with Crippen LogP contribution in [-0.2, 0) is 15.1 Å². The van der Waals surface area contributed by atoms with Crippen LogP contribution in [-0.4, -0.2) is 12.0 Å². The van der Waals surface area contributed by atoms with Crippen molar-refractivity contribution in [2.45, 2.75) is 18.2 Å². The molecule has 0 aliphatic carbocycles. The van der Waals surface area contributed by atoms with Crippen molar-refractivity contribution < 1.29 is 22.7 Å². The average Bonchev–Trinajstić information content (AvgIpc) is 3.41. The van der Waals surface area contributed by atoms with E-state index in [2.05, 4.69) is 0 Å². The van der Waals surface area contributed by atoms with E-state index in [1.54, 1.807) is 53.9 Å². The number of carbonyl (C=O) groups excluding carboxylic acids is 1. The Morgan fingerprint density at radius 2 is 1.63 bits per heavy atom. The quantitative estimate of drug-likeness (QED) is 0.458. The Kier molecular flexibility index (Phi) is 5.35. The van der Waals surface area contributed by atoms with Crippen LogP contribution in [0.2, 0.25) is 0 Å². The molecule has 2 nitrogen and oxygen atoms in total. The topological polar surface area (TPSA) is 26.3 Å². The number of halogens is 3.